The van der Waals surface area contributed by atoms with Gasteiger partial charge in [-0.05, 0) is 38.1 Å². The number of carbonyl (C=O) groups excluding carboxylic acids is 2. The van der Waals surface area contributed by atoms with Crippen LogP contribution in [0.25, 0.3) is 0 Å². The first-order valence-electron chi connectivity index (χ1n) is 8.44. The molecule has 2 amide bonds. The lowest BCUT2D eigenvalue weighted by Crippen LogP contribution is -2.38. The normalized spacial score (nSPS) is 11.1. The minimum Gasteiger partial charge on any atom is -0.495 e. The molecule has 0 atom stereocenters. The number of hydrogen-bond acceptors (Lipinski definition) is 4. The molecule has 1 heterocycles. The second-order valence-electron chi connectivity index (χ2n) is 5.90. The van der Waals surface area contributed by atoms with E-state index in [-0.39, 0.29) is 24.3 Å². The average molecular weight is 395 g/mol. The smallest absolute Gasteiger partial charge is 0.433 e. The molecule has 0 bridgehead atoms. The Morgan fingerprint density at radius 2 is 1.86 bits per heavy atom. The molecule has 6 nitrogen and oxygen atoms in total. The van der Waals surface area contributed by atoms with Gasteiger partial charge in [0.15, 0.2) is 0 Å². The molecule has 0 aliphatic carbocycles. The number of pyridine rings is 1. The predicted molar refractivity (Wildman–Crippen MR) is 97.2 cm³/mol. The zero-order chi connectivity index (χ0) is 20.9. The Morgan fingerprint density at radius 1 is 1.18 bits per heavy atom. The van der Waals surface area contributed by atoms with Gasteiger partial charge in [-0.15, -0.1) is 0 Å². The number of aryl methyl sites for hydroxylation is 1. The van der Waals surface area contributed by atoms with Gasteiger partial charge < -0.3 is 15.0 Å². The Balaban J connectivity index is 2.14. The number of methoxy groups -OCH3 is 1. The number of halogens is 3. The largest absolute Gasteiger partial charge is 0.495 e. The summed E-state index contributed by atoms with van der Waals surface area (Å²) < 4.78 is 43.4. The maximum absolute atomic E-state index is 12.7. The molecule has 150 valence electrons. The molecule has 0 saturated heterocycles. The van der Waals surface area contributed by atoms with Gasteiger partial charge in [0.25, 0.3) is 5.91 Å². The Bertz CT molecular complexity index is 869. The maximum atomic E-state index is 12.7. The van der Waals surface area contributed by atoms with Crippen LogP contribution in [-0.2, 0) is 11.0 Å². The summed E-state index contributed by atoms with van der Waals surface area (Å²) in [6, 6.07) is 8.63. The number of aromatic nitrogens is 1. The van der Waals surface area contributed by atoms with Crippen molar-refractivity contribution in [3.63, 3.8) is 0 Å². The molecule has 28 heavy (non-hydrogen) atoms. The fraction of sp³-hybridized carbons (Fsp3) is 0.316. The SMILES string of the molecule is CCN(CC(=O)Nc1ccccc1OC)C(=O)c1ccc(C(F)(F)F)nc1C. The van der Waals surface area contributed by atoms with Gasteiger partial charge in [-0.25, -0.2) is 4.98 Å². The maximum Gasteiger partial charge on any atom is 0.433 e. The summed E-state index contributed by atoms with van der Waals surface area (Å²) in [4.78, 5) is 29.7. The number of benzene rings is 1. The van der Waals surface area contributed by atoms with Crippen LogP contribution in [0.15, 0.2) is 36.4 Å². The Hall–Kier alpha value is -3.10. The van der Waals surface area contributed by atoms with Crippen LogP contribution in [-0.4, -0.2) is 41.9 Å². The summed E-state index contributed by atoms with van der Waals surface area (Å²) in [6.07, 6.45) is -4.59. The fourth-order valence-electron chi connectivity index (χ4n) is 2.55. The zero-order valence-electron chi connectivity index (χ0n) is 15.6. The number of para-hydroxylation sites is 2. The molecule has 0 spiro atoms. The van der Waals surface area contributed by atoms with Crippen molar-refractivity contribution in [3.05, 3.63) is 53.3 Å². The lowest BCUT2D eigenvalue weighted by atomic mass is 10.1. The van der Waals surface area contributed by atoms with Crippen LogP contribution >= 0.6 is 0 Å². The first kappa shape index (κ1) is 21.2. The monoisotopic (exact) mass is 395 g/mol. The number of nitrogens with zero attached hydrogens (tertiary/aromatic N) is 2. The van der Waals surface area contributed by atoms with Crippen LogP contribution in [0.1, 0.15) is 28.7 Å². The average Bonchev–Trinajstić information content (AvgIpc) is 2.65. The summed E-state index contributed by atoms with van der Waals surface area (Å²) in [5.41, 5.74) is -0.659. The summed E-state index contributed by atoms with van der Waals surface area (Å²) in [5.74, 6) is -0.568. The van der Waals surface area contributed by atoms with E-state index in [1.807, 2.05) is 0 Å². The van der Waals surface area contributed by atoms with E-state index in [4.69, 9.17) is 4.74 Å². The number of amides is 2. The van der Waals surface area contributed by atoms with Gasteiger partial charge in [-0.3, -0.25) is 9.59 Å². The molecule has 0 saturated carbocycles. The summed E-state index contributed by atoms with van der Waals surface area (Å²) in [5, 5.41) is 2.65. The molecule has 1 N–H and O–H groups in total. The van der Waals surface area contributed by atoms with Gasteiger partial charge in [-0.1, -0.05) is 12.1 Å². The standard InChI is InChI=1S/C19H20F3N3O3/c1-4-25(11-17(26)24-14-7-5-6-8-15(14)28-3)18(27)13-9-10-16(19(20,21)22)23-12(13)2/h5-10H,4,11H2,1-3H3,(H,24,26). The molecular formula is C19H20F3N3O3. The van der Waals surface area contributed by atoms with Crippen molar-refractivity contribution in [1.29, 1.82) is 0 Å². The number of hydrogen-bond donors (Lipinski definition) is 1. The van der Waals surface area contributed by atoms with E-state index in [1.165, 1.54) is 18.9 Å². The quantitative estimate of drug-likeness (QED) is 0.813. The van der Waals surface area contributed by atoms with Gasteiger partial charge in [0.1, 0.15) is 18.0 Å². The highest BCUT2D eigenvalue weighted by molar-refractivity contribution is 6.00. The number of likely N-dealkylation sites (N-methyl/N-ethyl adjacent to an activating group) is 1. The van der Waals surface area contributed by atoms with E-state index in [0.717, 1.165) is 12.1 Å². The number of anilines is 1. The minimum absolute atomic E-state index is 0.0138. The zero-order valence-corrected chi connectivity index (χ0v) is 15.6. The van der Waals surface area contributed by atoms with Crippen LogP contribution < -0.4 is 10.1 Å². The summed E-state index contributed by atoms with van der Waals surface area (Å²) >= 11 is 0. The molecule has 2 aromatic rings. The number of nitrogens with one attached hydrogen (secondary N) is 1. The van der Waals surface area contributed by atoms with Crippen LogP contribution in [0.3, 0.4) is 0 Å². The van der Waals surface area contributed by atoms with E-state index < -0.39 is 23.7 Å². The third-order valence-electron chi connectivity index (χ3n) is 3.99. The molecule has 0 aliphatic rings. The van der Waals surface area contributed by atoms with E-state index >= 15 is 0 Å². The molecular weight excluding hydrogens is 375 g/mol. The molecule has 0 aliphatic heterocycles. The molecule has 0 fully saturated rings. The highest BCUT2D eigenvalue weighted by Gasteiger charge is 2.33. The molecule has 1 aromatic heterocycles. The summed E-state index contributed by atoms with van der Waals surface area (Å²) in [7, 11) is 1.47. The molecule has 0 unspecified atom stereocenters. The molecule has 0 radical (unpaired) electrons. The van der Waals surface area contributed by atoms with Crippen molar-refractivity contribution < 1.29 is 27.5 Å². The second kappa shape index (κ2) is 8.73. The summed E-state index contributed by atoms with van der Waals surface area (Å²) in [6.45, 7) is 2.92. The third kappa shape index (κ3) is 4.99. The van der Waals surface area contributed by atoms with Crippen molar-refractivity contribution in [2.45, 2.75) is 20.0 Å². The van der Waals surface area contributed by atoms with Crippen LogP contribution in [0.5, 0.6) is 5.75 Å². The minimum atomic E-state index is -4.59. The van der Waals surface area contributed by atoms with Crippen molar-refractivity contribution >= 4 is 17.5 Å². The van der Waals surface area contributed by atoms with Gasteiger partial charge in [0.2, 0.25) is 5.91 Å². The second-order valence-corrected chi connectivity index (χ2v) is 5.90. The highest BCUT2D eigenvalue weighted by Crippen LogP contribution is 2.28. The van der Waals surface area contributed by atoms with Crippen molar-refractivity contribution in [2.75, 3.05) is 25.5 Å². The highest BCUT2D eigenvalue weighted by atomic mass is 19.4. The van der Waals surface area contributed by atoms with E-state index in [9.17, 15) is 22.8 Å². The third-order valence-corrected chi connectivity index (χ3v) is 3.99. The fourth-order valence-corrected chi connectivity index (χ4v) is 2.55. The lowest BCUT2D eigenvalue weighted by Gasteiger charge is -2.21. The Labute approximate surface area is 160 Å². The van der Waals surface area contributed by atoms with E-state index in [0.29, 0.717) is 11.4 Å². The topological polar surface area (TPSA) is 71.5 Å². The van der Waals surface area contributed by atoms with Crippen molar-refractivity contribution in [2.24, 2.45) is 0 Å². The Kier molecular flexibility index (Phi) is 6.61. The van der Waals surface area contributed by atoms with Crippen molar-refractivity contribution in [3.8, 4) is 5.75 Å². The predicted octanol–water partition coefficient (Wildman–Crippen LogP) is 3.52. The van der Waals surface area contributed by atoms with Crippen LogP contribution in [0, 0.1) is 6.92 Å². The van der Waals surface area contributed by atoms with Gasteiger partial charge in [0, 0.05) is 6.54 Å². The lowest BCUT2D eigenvalue weighted by molar-refractivity contribution is -0.141. The van der Waals surface area contributed by atoms with E-state index in [2.05, 4.69) is 10.3 Å². The number of alkyl halides is 3. The number of carbonyl (C=O) groups is 2. The van der Waals surface area contributed by atoms with E-state index in [1.54, 1.807) is 31.2 Å². The molecule has 9 heteroatoms. The van der Waals surface area contributed by atoms with Crippen molar-refractivity contribution in [1.82, 2.24) is 9.88 Å². The number of ether oxygens (including phenoxy) is 1. The first-order valence-corrected chi connectivity index (χ1v) is 8.44. The Morgan fingerprint density at radius 3 is 2.43 bits per heavy atom. The van der Waals surface area contributed by atoms with Crippen LogP contribution in [0.2, 0.25) is 0 Å². The molecule has 1 aromatic carbocycles. The number of rotatable bonds is 6. The van der Waals surface area contributed by atoms with Gasteiger partial charge >= 0.3 is 6.18 Å². The first-order chi connectivity index (χ1) is 13.2. The van der Waals surface area contributed by atoms with Gasteiger partial charge in [0.05, 0.1) is 24.1 Å². The van der Waals surface area contributed by atoms with Gasteiger partial charge in [-0.2, -0.15) is 13.2 Å². The molecule has 2 rings (SSSR count). The van der Waals surface area contributed by atoms with Crippen LogP contribution in [0.4, 0.5) is 18.9 Å².